The topological polar surface area (TPSA) is 66.4 Å². The Morgan fingerprint density at radius 2 is 2.13 bits per heavy atom. The Labute approximate surface area is 145 Å². The van der Waals surface area contributed by atoms with E-state index in [9.17, 15) is 19.1 Å². The average molecular weight is 374 g/mol. The highest BCUT2D eigenvalue weighted by atomic mass is 35.5. The first-order valence-electron chi connectivity index (χ1n) is 6.46. The zero-order valence-electron chi connectivity index (χ0n) is 12.2. The second-order valence-electron chi connectivity index (χ2n) is 5.16. The van der Waals surface area contributed by atoms with E-state index in [1.54, 1.807) is 6.07 Å². The summed E-state index contributed by atoms with van der Waals surface area (Å²) in [5.74, 6) is -1.05. The van der Waals surface area contributed by atoms with Crippen LogP contribution >= 0.6 is 34.7 Å². The third-order valence-electron chi connectivity index (χ3n) is 2.75. The van der Waals surface area contributed by atoms with Crippen molar-refractivity contribution in [1.29, 1.82) is 0 Å². The molecule has 0 spiro atoms. The maximum absolute atomic E-state index is 13.1. The zero-order chi connectivity index (χ0) is 17.2. The van der Waals surface area contributed by atoms with Crippen LogP contribution in [0.1, 0.15) is 24.2 Å². The summed E-state index contributed by atoms with van der Waals surface area (Å²) in [4.78, 5) is 23.6. The summed E-state index contributed by atoms with van der Waals surface area (Å²) in [5, 5.41) is 12.8. The van der Waals surface area contributed by atoms with E-state index in [0.29, 0.717) is 26.0 Å². The first kappa shape index (κ1) is 17.9. The molecule has 1 aromatic heterocycles. The number of hydrogen-bond acceptors (Lipinski definition) is 5. The molecule has 23 heavy (non-hydrogen) atoms. The van der Waals surface area contributed by atoms with Crippen molar-refractivity contribution in [3.8, 4) is 0 Å². The third-order valence-corrected chi connectivity index (χ3v) is 5.43. The highest BCUT2D eigenvalue weighted by Crippen LogP contribution is 2.40. The molecule has 2 N–H and O–H groups in total. The van der Waals surface area contributed by atoms with Crippen molar-refractivity contribution in [2.45, 2.75) is 28.6 Å². The Bertz CT molecular complexity index is 756. The van der Waals surface area contributed by atoms with Gasteiger partial charge in [0.2, 0.25) is 0 Å². The van der Waals surface area contributed by atoms with E-state index in [2.05, 4.69) is 5.32 Å². The van der Waals surface area contributed by atoms with Crippen molar-refractivity contribution in [3.63, 3.8) is 0 Å². The molecule has 0 radical (unpaired) electrons. The molecule has 0 atom stereocenters. The normalized spacial score (nSPS) is 11.3. The Morgan fingerprint density at radius 3 is 2.70 bits per heavy atom. The van der Waals surface area contributed by atoms with Crippen LogP contribution in [0, 0.1) is 5.82 Å². The van der Waals surface area contributed by atoms with Gasteiger partial charge in [-0.15, -0.1) is 11.3 Å². The lowest BCUT2D eigenvalue weighted by Gasteiger charge is -2.15. The summed E-state index contributed by atoms with van der Waals surface area (Å²) in [6.45, 7) is 2.70. The molecular weight excluding hydrogens is 361 g/mol. The van der Waals surface area contributed by atoms with Gasteiger partial charge >= 0.3 is 0 Å². The van der Waals surface area contributed by atoms with Gasteiger partial charge in [0, 0.05) is 4.90 Å². The van der Waals surface area contributed by atoms with Gasteiger partial charge in [-0.05, 0) is 38.1 Å². The second-order valence-corrected chi connectivity index (χ2v) is 7.96. The minimum atomic E-state index is -1.56. The number of carbonyl (C=O) groups excluding carboxylic acids is 2. The fourth-order valence-corrected chi connectivity index (χ4v) is 3.96. The lowest BCUT2D eigenvalue weighted by Crippen LogP contribution is -2.36. The van der Waals surface area contributed by atoms with Crippen molar-refractivity contribution in [1.82, 2.24) is 0 Å². The SMILES string of the molecule is CC(C)(O)C(=O)Nc1sc(Sc2ccc(F)cc2Cl)cc1C=O. The van der Waals surface area contributed by atoms with Crippen LogP contribution in [0.5, 0.6) is 0 Å². The molecule has 2 aromatic rings. The monoisotopic (exact) mass is 373 g/mol. The van der Waals surface area contributed by atoms with Gasteiger partial charge in [-0.3, -0.25) is 9.59 Å². The fraction of sp³-hybridized carbons (Fsp3) is 0.200. The van der Waals surface area contributed by atoms with Crippen LogP contribution in [-0.2, 0) is 4.79 Å². The number of amides is 1. The lowest BCUT2D eigenvalue weighted by molar-refractivity contribution is -0.130. The standard InChI is InChI=1S/C15H13ClFNO3S2/c1-15(2,21)14(20)18-13-8(7-19)5-12(23-13)22-11-4-3-9(17)6-10(11)16/h3-7,21H,1-2H3,(H,18,20). The van der Waals surface area contributed by atoms with Gasteiger partial charge in [0.05, 0.1) is 14.8 Å². The molecule has 1 amide bonds. The van der Waals surface area contributed by atoms with Crippen molar-refractivity contribution < 1.29 is 19.1 Å². The Balaban J connectivity index is 2.25. The minimum absolute atomic E-state index is 0.262. The summed E-state index contributed by atoms with van der Waals surface area (Å²) in [7, 11) is 0. The highest BCUT2D eigenvalue weighted by Gasteiger charge is 2.25. The smallest absolute Gasteiger partial charge is 0.256 e. The van der Waals surface area contributed by atoms with Gasteiger partial charge in [-0.2, -0.15) is 0 Å². The number of anilines is 1. The Kier molecular flexibility index (Phi) is 5.46. The van der Waals surface area contributed by atoms with E-state index in [-0.39, 0.29) is 5.02 Å². The summed E-state index contributed by atoms with van der Waals surface area (Å²) >= 11 is 8.40. The first-order chi connectivity index (χ1) is 10.7. The number of aliphatic hydroxyl groups is 1. The number of benzene rings is 1. The summed E-state index contributed by atoms with van der Waals surface area (Å²) in [6, 6.07) is 5.63. The molecule has 1 aromatic carbocycles. The van der Waals surface area contributed by atoms with E-state index in [1.165, 1.54) is 55.1 Å². The van der Waals surface area contributed by atoms with Gasteiger partial charge in [-0.1, -0.05) is 23.4 Å². The van der Waals surface area contributed by atoms with Crippen LogP contribution < -0.4 is 5.32 Å². The predicted molar refractivity (Wildman–Crippen MR) is 90.2 cm³/mol. The van der Waals surface area contributed by atoms with Gasteiger partial charge in [0.25, 0.3) is 5.91 Å². The van der Waals surface area contributed by atoms with E-state index < -0.39 is 17.3 Å². The van der Waals surface area contributed by atoms with E-state index in [1.807, 2.05) is 0 Å². The molecule has 4 nitrogen and oxygen atoms in total. The molecule has 122 valence electrons. The van der Waals surface area contributed by atoms with Crippen LogP contribution in [0.25, 0.3) is 0 Å². The average Bonchev–Trinajstić information content (AvgIpc) is 2.83. The Hall–Kier alpha value is -1.41. The number of nitrogens with one attached hydrogen (secondary N) is 1. The number of carbonyl (C=O) groups is 2. The molecule has 2 rings (SSSR count). The number of rotatable bonds is 5. The van der Waals surface area contributed by atoms with Crippen LogP contribution in [0.4, 0.5) is 9.39 Å². The van der Waals surface area contributed by atoms with Crippen LogP contribution in [0.2, 0.25) is 5.02 Å². The van der Waals surface area contributed by atoms with Crippen molar-refractivity contribution in [2.24, 2.45) is 0 Å². The van der Waals surface area contributed by atoms with Gasteiger partial charge in [-0.25, -0.2) is 4.39 Å². The molecule has 0 fully saturated rings. The molecule has 0 unspecified atom stereocenters. The molecule has 0 aliphatic heterocycles. The summed E-state index contributed by atoms with van der Waals surface area (Å²) in [6.07, 6.45) is 0.618. The molecule has 8 heteroatoms. The fourth-order valence-electron chi connectivity index (χ4n) is 1.54. The number of thiophene rings is 1. The molecule has 0 aliphatic rings. The maximum Gasteiger partial charge on any atom is 0.256 e. The van der Waals surface area contributed by atoms with E-state index in [0.717, 1.165) is 0 Å². The highest BCUT2D eigenvalue weighted by molar-refractivity contribution is 8.01. The first-order valence-corrected chi connectivity index (χ1v) is 8.47. The van der Waals surface area contributed by atoms with Crippen LogP contribution in [-0.4, -0.2) is 22.9 Å². The molecule has 0 bridgehead atoms. The second kappa shape index (κ2) is 7.00. The molecule has 0 saturated carbocycles. The zero-order valence-corrected chi connectivity index (χ0v) is 14.6. The summed E-state index contributed by atoms with van der Waals surface area (Å²) < 4.78 is 13.8. The largest absolute Gasteiger partial charge is 0.381 e. The van der Waals surface area contributed by atoms with Crippen molar-refractivity contribution >= 4 is 51.9 Å². The minimum Gasteiger partial charge on any atom is -0.381 e. The van der Waals surface area contributed by atoms with Crippen molar-refractivity contribution in [2.75, 3.05) is 5.32 Å². The van der Waals surface area contributed by atoms with Crippen molar-refractivity contribution in [3.05, 3.63) is 40.7 Å². The molecular formula is C15H13ClFNO3S2. The number of halogens is 2. The predicted octanol–water partition coefficient (Wildman–Crippen LogP) is 4.21. The third kappa shape index (κ3) is 4.54. The van der Waals surface area contributed by atoms with Crippen LogP contribution in [0.3, 0.4) is 0 Å². The molecule has 1 heterocycles. The van der Waals surface area contributed by atoms with Gasteiger partial charge in [0.15, 0.2) is 6.29 Å². The van der Waals surface area contributed by atoms with Crippen LogP contribution in [0.15, 0.2) is 33.4 Å². The quantitative estimate of drug-likeness (QED) is 0.770. The Morgan fingerprint density at radius 1 is 1.43 bits per heavy atom. The van der Waals surface area contributed by atoms with Gasteiger partial charge in [0.1, 0.15) is 16.4 Å². The number of hydrogen-bond donors (Lipinski definition) is 2. The number of aldehydes is 1. The van der Waals surface area contributed by atoms with Gasteiger partial charge < -0.3 is 10.4 Å². The van der Waals surface area contributed by atoms with E-state index in [4.69, 9.17) is 11.6 Å². The molecule has 0 aliphatic carbocycles. The molecule has 0 saturated heterocycles. The maximum atomic E-state index is 13.1. The summed E-state index contributed by atoms with van der Waals surface area (Å²) in [5.41, 5.74) is -1.26. The van der Waals surface area contributed by atoms with E-state index >= 15 is 0 Å². The lowest BCUT2D eigenvalue weighted by atomic mass is 10.1.